The molecule has 0 unspecified atom stereocenters. The van der Waals surface area contributed by atoms with Gasteiger partial charge in [0.05, 0.1) is 32.3 Å². The Morgan fingerprint density at radius 1 is 1.39 bits per heavy atom. The molecule has 1 amide bonds. The number of carbonyl (C=O) groups is 1. The molecule has 2 rings (SSSR count). The SMILES string of the molecule is Cc1ccccc1[C@@H]1CN(C(=O)CNCC(F)(F)F)[C@H](C)CO1. The Hall–Kier alpha value is -1.60. The van der Waals surface area contributed by atoms with E-state index in [1.54, 1.807) is 4.90 Å². The van der Waals surface area contributed by atoms with Gasteiger partial charge in [0, 0.05) is 0 Å². The van der Waals surface area contributed by atoms with Gasteiger partial charge in [-0.3, -0.25) is 4.79 Å². The normalized spacial score (nSPS) is 22.2. The zero-order chi connectivity index (χ0) is 17.0. The molecule has 0 saturated carbocycles. The van der Waals surface area contributed by atoms with Crippen molar-refractivity contribution in [2.45, 2.75) is 32.2 Å². The van der Waals surface area contributed by atoms with E-state index in [4.69, 9.17) is 4.74 Å². The van der Waals surface area contributed by atoms with E-state index in [0.717, 1.165) is 11.1 Å². The Kier molecular flexibility index (Phi) is 5.64. The molecule has 128 valence electrons. The van der Waals surface area contributed by atoms with Gasteiger partial charge in [0.15, 0.2) is 0 Å². The van der Waals surface area contributed by atoms with Crippen LogP contribution in [0.4, 0.5) is 13.2 Å². The summed E-state index contributed by atoms with van der Waals surface area (Å²) in [6.07, 6.45) is -4.57. The number of hydrogen-bond acceptors (Lipinski definition) is 3. The third-order valence-corrected chi connectivity index (χ3v) is 3.89. The van der Waals surface area contributed by atoms with Crippen molar-refractivity contribution >= 4 is 5.91 Å². The minimum absolute atomic E-state index is 0.157. The summed E-state index contributed by atoms with van der Waals surface area (Å²) in [5.41, 5.74) is 2.06. The first kappa shape index (κ1) is 17.7. The van der Waals surface area contributed by atoms with E-state index in [0.29, 0.717) is 13.2 Å². The number of nitrogens with zero attached hydrogens (tertiary/aromatic N) is 1. The molecule has 0 bridgehead atoms. The predicted molar refractivity (Wildman–Crippen MR) is 80.0 cm³/mol. The second kappa shape index (κ2) is 7.31. The molecule has 1 saturated heterocycles. The van der Waals surface area contributed by atoms with Crippen molar-refractivity contribution in [1.29, 1.82) is 0 Å². The summed E-state index contributed by atoms with van der Waals surface area (Å²) >= 11 is 0. The first-order chi connectivity index (χ1) is 10.8. The lowest BCUT2D eigenvalue weighted by Crippen LogP contribution is -2.51. The minimum atomic E-state index is -4.32. The first-order valence-corrected chi connectivity index (χ1v) is 7.52. The summed E-state index contributed by atoms with van der Waals surface area (Å²) in [4.78, 5) is 13.8. The Balaban J connectivity index is 1.98. The molecular formula is C16H21F3N2O2. The fourth-order valence-electron chi connectivity index (χ4n) is 2.65. The van der Waals surface area contributed by atoms with Crippen molar-refractivity contribution in [3.05, 3.63) is 35.4 Å². The maximum Gasteiger partial charge on any atom is 0.401 e. The number of benzene rings is 1. The molecule has 1 N–H and O–H groups in total. The van der Waals surface area contributed by atoms with Gasteiger partial charge in [0.2, 0.25) is 5.91 Å². The molecular weight excluding hydrogens is 309 g/mol. The van der Waals surface area contributed by atoms with Crippen molar-refractivity contribution in [2.24, 2.45) is 0 Å². The monoisotopic (exact) mass is 330 g/mol. The number of nitrogens with one attached hydrogen (secondary N) is 1. The summed E-state index contributed by atoms with van der Waals surface area (Å²) in [5.74, 6) is -0.344. The van der Waals surface area contributed by atoms with Crippen LogP contribution in [0.15, 0.2) is 24.3 Å². The smallest absolute Gasteiger partial charge is 0.370 e. The third kappa shape index (κ3) is 4.94. The second-order valence-corrected chi connectivity index (χ2v) is 5.79. The largest absolute Gasteiger partial charge is 0.401 e. The summed E-state index contributed by atoms with van der Waals surface area (Å²) in [6, 6.07) is 7.58. The van der Waals surface area contributed by atoms with Crippen LogP contribution in [-0.4, -0.2) is 49.3 Å². The van der Waals surface area contributed by atoms with Crippen LogP contribution in [0.1, 0.15) is 24.2 Å². The van der Waals surface area contributed by atoms with E-state index in [2.05, 4.69) is 5.32 Å². The molecule has 2 atom stereocenters. The maximum atomic E-state index is 12.2. The Bertz CT molecular complexity index is 548. The fraction of sp³-hybridized carbons (Fsp3) is 0.562. The number of hydrogen-bond donors (Lipinski definition) is 1. The van der Waals surface area contributed by atoms with Crippen molar-refractivity contribution in [3.8, 4) is 0 Å². The van der Waals surface area contributed by atoms with Crippen molar-refractivity contribution < 1.29 is 22.7 Å². The van der Waals surface area contributed by atoms with Crippen molar-refractivity contribution in [2.75, 3.05) is 26.2 Å². The first-order valence-electron chi connectivity index (χ1n) is 7.52. The molecule has 1 aliphatic heterocycles. The van der Waals surface area contributed by atoms with Gasteiger partial charge in [-0.1, -0.05) is 24.3 Å². The average Bonchev–Trinajstić information content (AvgIpc) is 2.47. The van der Waals surface area contributed by atoms with E-state index >= 15 is 0 Å². The molecule has 7 heteroatoms. The fourth-order valence-corrected chi connectivity index (χ4v) is 2.65. The predicted octanol–water partition coefficient (Wildman–Crippen LogP) is 2.44. The lowest BCUT2D eigenvalue weighted by atomic mass is 10.0. The third-order valence-electron chi connectivity index (χ3n) is 3.89. The molecule has 1 aromatic carbocycles. The van der Waals surface area contributed by atoms with E-state index < -0.39 is 12.7 Å². The number of rotatable bonds is 4. The highest BCUT2D eigenvalue weighted by Gasteiger charge is 2.32. The standard InChI is InChI=1S/C16H21F3N2O2/c1-11-5-3-4-6-13(11)14-8-21(12(2)9-23-14)15(22)7-20-10-16(17,18)19/h3-6,12,14,20H,7-10H2,1-2H3/t12-,14+/m1/s1. The molecule has 23 heavy (non-hydrogen) atoms. The number of alkyl halides is 3. The van der Waals surface area contributed by atoms with Crippen LogP contribution in [0.2, 0.25) is 0 Å². The zero-order valence-electron chi connectivity index (χ0n) is 13.2. The van der Waals surface area contributed by atoms with Gasteiger partial charge in [-0.05, 0) is 25.0 Å². The van der Waals surface area contributed by atoms with Crippen LogP contribution in [0.25, 0.3) is 0 Å². The van der Waals surface area contributed by atoms with Crippen LogP contribution in [0.5, 0.6) is 0 Å². The summed E-state index contributed by atoms with van der Waals surface area (Å²) in [5, 5.41) is 2.15. The summed E-state index contributed by atoms with van der Waals surface area (Å²) in [7, 11) is 0. The van der Waals surface area contributed by atoms with Gasteiger partial charge in [0.1, 0.15) is 6.10 Å². The van der Waals surface area contributed by atoms with Gasteiger partial charge in [-0.2, -0.15) is 13.2 Å². The minimum Gasteiger partial charge on any atom is -0.370 e. The van der Waals surface area contributed by atoms with E-state index in [9.17, 15) is 18.0 Å². The lowest BCUT2D eigenvalue weighted by Gasteiger charge is -2.38. The molecule has 1 fully saturated rings. The van der Waals surface area contributed by atoms with Gasteiger partial charge in [0.25, 0.3) is 0 Å². The van der Waals surface area contributed by atoms with Crippen LogP contribution >= 0.6 is 0 Å². The van der Waals surface area contributed by atoms with E-state index in [1.807, 2.05) is 38.1 Å². The molecule has 1 aromatic rings. The molecule has 0 radical (unpaired) electrons. The molecule has 4 nitrogen and oxygen atoms in total. The van der Waals surface area contributed by atoms with Gasteiger partial charge in [-0.25, -0.2) is 0 Å². The van der Waals surface area contributed by atoms with Crippen LogP contribution in [0, 0.1) is 6.92 Å². The van der Waals surface area contributed by atoms with Crippen LogP contribution in [-0.2, 0) is 9.53 Å². The molecule has 1 heterocycles. The number of aryl methyl sites for hydroxylation is 1. The second-order valence-electron chi connectivity index (χ2n) is 5.79. The molecule has 0 spiro atoms. The molecule has 0 aliphatic carbocycles. The highest BCUT2D eigenvalue weighted by Crippen LogP contribution is 2.27. The quantitative estimate of drug-likeness (QED) is 0.922. The number of ether oxygens (including phenoxy) is 1. The van der Waals surface area contributed by atoms with Gasteiger partial charge < -0.3 is 15.0 Å². The average molecular weight is 330 g/mol. The van der Waals surface area contributed by atoms with E-state index in [1.165, 1.54) is 0 Å². The van der Waals surface area contributed by atoms with Crippen LogP contribution in [0.3, 0.4) is 0 Å². The van der Waals surface area contributed by atoms with Gasteiger partial charge >= 0.3 is 6.18 Å². The Morgan fingerprint density at radius 2 is 2.09 bits per heavy atom. The topological polar surface area (TPSA) is 41.6 Å². The van der Waals surface area contributed by atoms with Crippen molar-refractivity contribution in [1.82, 2.24) is 10.2 Å². The van der Waals surface area contributed by atoms with E-state index in [-0.39, 0.29) is 24.6 Å². The molecule has 0 aromatic heterocycles. The highest BCUT2D eigenvalue weighted by atomic mass is 19.4. The lowest BCUT2D eigenvalue weighted by molar-refractivity contribution is -0.145. The number of carbonyl (C=O) groups excluding carboxylic acids is 1. The summed E-state index contributed by atoms with van der Waals surface area (Å²) < 4.78 is 42.2. The number of morpholine rings is 1. The number of halogens is 3. The zero-order valence-corrected chi connectivity index (χ0v) is 13.2. The Morgan fingerprint density at radius 3 is 2.74 bits per heavy atom. The number of amides is 1. The van der Waals surface area contributed by atoms with Crippen molar-refractivity contribution in [3.63, 3.8) is 0 Å². The molecule has 1 aliphatic rings. The highest BCUT2D eigenvalue weighted by molar-refractivity contribution is 5.78. The van der Waals surface area contributed by atoms with Crippen LogP contribution < -0.4 is 5.32 Å². The Labute approximate surface area is 133 Å². The van der Waals surface area contributed by atoms with Gasteiger partial charge in [-0.15, -0.1) is 0 Å². The maximum absolute atomic E-state index is 12.2. The summed E-state index contributed by atoms with van der Waals surface area (Å²) in [6.45, 7) is 3.01.